The highest BCUT2D eigenvalue weighted by Gasteiger charge is 2.18. The third kappa shape index (κ3) is 4.33. The van der Waals surface area contributed by atoms with Crippen LogP contribution in [0.15, 0.2) is 24.4 Å². The Hall–Kier alpha value is -1.92. The van der Waals surface area contributed by atoms with Crippen LogP contribution in [0.1, 0.15) is 34.8 Å². The van der Waals surface area contributed by atoms with Gasteiger partial charge in [-0.15, -0.1) is 11.3 Å². The fourth-order valence-electron chi connectivity index (χ4n) is 2.90. The molecule has 2 aromatic rings. The number of thiazole rings is 1. The summed E-state index contributed by atoms with van der Waals surface area (Å²) in [5.41, 5.74) is 2.21. The molecular weight excluding hydrogens is 322 g/mol. The molecule has 0 atom stereocenters. The van der Waals surface area contributed by atoms with Crippen molar-refractivity contribution >= 4 is 22.4 Å². The number of ether oxygens (including phenoxy) is 1. The van der Waals surface area contributed by atoms with Crippen LogP contribution in [0.2, 0.25) is 0 Å². The molecule has 24 heavy (non-hydrogen) atoms. The van der Waals surface area contributed by atoms with Gasteiger partial charge in [0.25, 0.3) is 5.91 Å². The first-order chi connectivity index (χ1) is 11.6. The van der Waals surface area contributed by atoms with Crippen LogP contribution in [0, 0.1) is 13.8 Å². The van der Waals surface area contributed by atoms with Crippen molar-refractivity contribution < 1.29 is 9.53 Å². The number of aryl methyl sites for hydroxylation is 2. The van der Waals surface area contributed by atoms with Crippen molar-refractivity contribution in [3.05, 3.63) is 40.4 Å². The van der Waals surface area contributed by atoms with Gasteiger partial charge in [0.15, 0.2) is 11.7 Å². The molecule has 1 aromatic heterocycles. The fourth-order valence-corrected chi connectivity index (χ4v) is 3.90. The molecule has 0 aliphatic carbocycles. The van der Waals surface area contributed by atoms with Crippen molar-refractivity contribution in [3.8, 4) is 5.75 Å². The first-order valence-corrected chi connectivity index (χ1v) is 9.10. The van der Waals surface area contributed by atoms with Gasteiger partial charge in [-0.05, 0) is 57.3 Å². The number of amides is 1. The Balaban J connectivity index is 1.52. The Morgan fingerprint density at radius 2 is 2.17 bits per heavy atom. The number of rotatable bonds is 5. The maximum absolute atomic E-state index is 12.1. The lowest BCUT2D eigenvalue weighted by Gasteiger charge is -2.20. The molecule has 0 radical (unpaired) electrons. The van der Waals surface area contributed by atoms with Gasteiger partial charge in [-0.3, -0.25) is 10.1 Å². The van der Waals surface area contributed by atoms with E-state index in [2.05, 4.69) is 15.6 Å². The van der Waals surface area contributed by atoms with Crippen LogP contribution < -0.4 is 15.4 Å². The molecule has 0 bridgehead atoms. The lowest BCUT2D eigenvalue weighted by Crippen LogP contribution is -2.26. The standard InChI is InChI=1S/C18H23N3O2S/c1-12-3-4-15(13(2)9-12)23-11-17(22)21-18-20-10-16(24-18)14-5-7-19-8-6-14/h3-4,9-10,14,19H,5-8,11H2,1-2H3,(H,20,21,22). The van der Waals surface area contributed by atoms with Crippen LogP contribution >= 0.6 is 11.3 Å². The number of nitrogens with zero attached hydrogens (tertiary/aromatic N) is 1. The molecule has 0 saturated carbocycles. The van der Waals surface area contributed by atoms with E-state index < -0.39 is 0 Å². The van der Waals surface area contributed by atoms with E-state index in [1.807, 2.05) is 38.2 Å². The third-order valence-corrected chi connectivity index (χ3v) is 5.28. The van der Waals surface area contributed by atoms with Gasteiger partial charge in [0, 0.05) is 11.1 Å². The maximum atomic E-state index is 12.1. The van der Waals surface area contributed by atoms with E-state index in [4.69, 9.17) is 4.74 Å². The van der Waals surface area contributed by atoms with E-state index in [-0.39, 0.29) is 12.5 Å². The molecule has 1 aliphatic heterocycles. The van der Waals surface area contributed by atoms with E-state index in [9.17, 15) is 4.79 Å². The monoisotopic (exact) mass is 345 g/mol. The first-order valence-electron chi connectivity index (χ1n) is 8.28. The zero-order valence-electron chi connectivity index (χ0n) is 14.1. The first kappa shape index (κ1) is 16.9. The molecule has 1 amide bonds. The predicted octanol–water partition coefficient (Wildman–Crippen LogP) is 3.24. The number of carbonyl (C=O) groups is 1. The highest BCUT2D eigenvalue weighted by Crippen LogP contribution is 2.31. The molecule has 0 unspecified atom stereocenters. The molecule has 6 heteroatoms. The Labute approximate surface area is 146 Å². The van der Waals surface area contributed by atoms with E-state index in [1.165, 1.54) is 10.4 Å². The molecule has 2 N–H and O–H groups in total. The van der Waals surface area contributed by atoms with Crippen LogP contribution in [0.25, 0.3) is 0 Å². The summed E-state index contributed by atoms with van der Waals surface area (Å²) in [4.78, 5) is 17.6. The number of hydrogen-bond acceptors (Lipinski definition) is 5. The summed E-state index contributed by atoms with van der Waals surface area (Å²) in [5.74, 6) is 1.12. The SMILES string of the molecule is Cc1ccc(OCC(=O)Nc2ncc(C3CCNCC3)s2)c(C)c1. The average Bonchev–Trinajstić information content (AvgIpc) is 3.03. The minimum atomic E-state index is -0.179. The minimum absolute atomic E-state index is 0.00777. The Kier molecular flexibility index (Phi) is 5.48. The van der Waals surface area contributed by atoms with Crippen LogP contribution in [-0.4, -0.2) is 30.6 Å². The van der Waals surface area contributed by atoms with Crippen LogP contribution in [0.3, 0.4) is 0 Å². The second-order valence-electron chi connectivity index (χ2n) is 6.20. The Bertz CT molecular complexity index is 708. The van der Waals surface area contributed by atoms with Crippen molar-refractivity contribution in [2.45, 2.75) is 32.6 Å². The zero-order chi connectivity index (χ0) is 16.9. The number of hydrogen-bond donors (Lipinski definition) is 2. The van der Waals surface area contributed by atoms with Crippen LogP contribution in [-0.2, 0) is 4.79 Å². The van der Waals surface area contributed by atoms with Gasteiger partial charge in [-0.2, -0.15) is 0 Å². The van der Waals surface area contributed by atoms with Crippen molar-refractivity contribution in [3.63, 3.8) is 0 Å². The lowest BCUT2D eigenvalue weighted by atomic mass is 9.97. The van der Waals surface area contributed by atoms with Gasteiger partial charge in [-0.1, -0.05) is 17.7 Å². The van der Waals surface area contributed by atoms with Crippen LogP contribution in [0.5, 0.6) is 5.75 Å². The van der Waals surface area contributed by atoms with Gasteiger partial charge in [0.2, 0.25) is 0 Å². The van der Waals surface area contributed by atoms with Crippen molar-refractivity contribution in [1.82, 2.24) is 10.3 Å². The van der Waals surface area contributed by atoms with Gasteiger partial charge < -0.3 is 10.1 Å². The van der Waals surface area contributed by atoms with Crippen molar-refractivity contribution in [2.24, 2.45) is 0 Å². The quantitative estimate of drug-likeness (QED) is 0.873. The van der Waals surface area contributed by atoms with Crippen LogP contribution in [0.4, 0.5) is 5.13 Å². The number of aromatic nitrogens is 1. The topological polar surface area (TPSA) is 63.2 Å². The minimum Gasteiger partial charge on any atom is -0.483 e. The highest BCUT2D eigenvalue weighted by atomic mass is 32.1. The molecule has 1 fully saturated rings. The van der Waals surface area contributed by atoms with Crippen molar-refractivity contribution in [2.75, 3.05) is 25.0 Å². The number of carbonyl (C=O) groups excluding carboxylic acids is 1. The Morgan fingerprint density at radius 1 is 1.38 bits per heavy atom. The normalized spacial score (nSPS) is 15.2. The smallest absolute Gasteiger partial charge is 0.264 e. The Morgan fingerprint density at radius 3 is 2.92 bits per heavy atom. The molecule has 1 aliphatic rings. The molecule has 3 rings (SSSR count). The molecule has 1 aromatic carbocycles. The number of anilines is 1. The number of piperidine rings is 1. The molecule has 2 heterocycles. The van der Waals surface area contributed by atoms with Gasteiger partial charge in [-0.25, -0.2) is 4.98 Å². The number of benzene rings is 1. The summed E-state index contributed by atoms with van der Waals surface area (Å²) in [5, 5.41) is 6.84. The van der Waals surface area contributed by atoms with E-state index >= 15 is 0 Å². The highest BCUT2D eigenvalue weighted by molar-refractivity contribution is 7.15. The van der Waals surface area contributed by atoms with Gasteiger partial charge in [0.1, 0.15) is 5.75 Å². The summed E-state index contributed by atoms with van der Waals surface area (Å²) >= 11 is 1.57. The molecule has 5 nitrogen and oxygen atoms in total. The van der Waals surface area contributed by atoms with E-state index in [0.717, 1.165) is 37.2 Å². The van der Waals surface area contributed by atoms with Gasteiger partial charge in [0.05, 0.1) is 0 Å². The van der Waals surface area contributed by atoms with Crippen molar-refractivity contribution in [1.29, 1.82) is 0 Å². The third-order valence-electron chi connectivity index (χ3n) is 4.20. The maximum Gasteiger partial charge on any atom is 0.264 e. The zero-order valence-corrected chi connectivity index (χ0v) is 14.9. The summed E-state index contributed by atoms with van der Waals surface area (Å²) in [6.07, 6.45) is 4.15. The lowest BCUT2D eigenvalue weighted by molar-refractivity contribution is -0.118. The molecule has 0 spiro atoms. The molecule has 1 saturated heterocycles. The number of nitrogens with one attached hydrogen (secondary N) is 2. The van der Waals surface area contributed by atoms with Gasteiger partial charge >= 0.3 is 0 Å². The fraction of sp³-hybridized carbons (Fsp3) is 0.444. The molecular formula is C18H23N3O2S. The van der Waals surface area contributed by atoms with E-state index in [1.54, 1.807) is 11.3 Å². The summed E-state index contributed by atoms with van der Waals surface area (Å²) < 4.78 is 5.61. The predicted molar refractivity (Wildman–Crippen MR) is 97.0 cm³/mol. The summed E-state index contributed by atoms with van der Waals surface area (Å²) in [6, 6.07) is 5.92. The second kappa shape index (κ2) is 7.77. The molecule has 128 valence electrons. The summed E-state index contributed by atoms with van der Waals surface area (Å²) in [6.45, 7) is 6.10. The summed E-state index contributed by atoms with van der Waals surface area (Å²) in [7, 11) is 0. The largest absolute Gasteiger partial charge is 0.483 e. The average molecular weight is 345 g/mol. The van der Waals surface area contributed by atoms with E-state index in [0.29, 0.717) is 11.0 Å². The second-order valence-corrected chi connectivity index (χ2v) is 7.26.